The van der Waals surface area contributed by atoms with Gasteiger partial charge in [-0.25, -0.2) is 9.67 Å². The number of carbonyl (C=O) groups excluding carboxylic acids is 1. The lowest BCUT2D eigenvalue weighted by molar-refractivity contribution is 0.0671. The maximum absolute atomic E-state index is 12.5. The third-order valence-corrected chi connectivity index (χ3v) is 3.97. The van der Waals surface area contributed by atoms with Crippen LogP contribution >= 0.6 is 0 Å². The fraction of sp³-hybridized carbons (Fsp3) is 0.467. The molecule has 0 aromatic carbocycles. The number of carbonyl (C=O) groups is 1. The minimum absolute atomic E-state index is 0.0598. The number of nitrogens with zero attached hydrogens (tertiary/aromatic N) is 4. The van der Waals surface area contributed by atoms with Gasteiger partial charge in [-0.1, -0.05) is 0 Å². The second kappa shape index (κ2) is 5.75. The molecule has 1 amide bonds. The molecule has 1 aliphatic heterocycles. The molecule has 0 aliphatic carbocycles. The zero-order valence-corrected chi connectivity index (χ0v) is 12.7. The van der Waals surface area contributed by atoms with Crippen LogP contribution in [-0.2, 0) is 0 Å². The van der Waals surface area contributed by atoms with E-state index in [4.69, 9.17) is 0 Å². The van der Waals surface area contributed by atoms with Crippen LogP contribution in [0.5, 0.6) is 0 Å². The molecule has 7 nitrogen and oxygen atoms in total. The number of piperidine rings is 1. The van der Waals surface area contributed by atoms with Crippen LogP contribution in [0.2, 0.25) is 0 Å². The molecular weight excluding hydrogens is 282 g/mol. The van der Waals surface area contributed by atoms with E-state index in [9.17, 15) is 9.59 Å². The van der Waals surface area contributed by atoms with Crippen LogP contribution in [0.1, 0.15) is 40.9 Å². The fourth-order valence-electron chi connectivity index (χ4n) is 2.95. The molecular formula is C15H19N5O2. The van der Waals surface area contributed by atoms with Gasteiger partial charge in [-0.05, 0) is 32.8 Å². The summed E-state index contributed by atoms with van der Waals surface area (Å²) in [5.41, 5.74) is 0.300. The first-order valence-electron chi connectivity index (χ1n) is 7.42. The Labute approximate surface area is 128 Å². The number of likely N-dealkylation sites (tertiary alicyclic amines) is 1. The van der Waals surface area contributed by atoms with Gasteiger partial charge in [0.25, 0.3) is 5.91 Å². The normalized spacial score (nSPS) is 18.5. The van der Waals surface area contributed by atoms with Crippen molar-refractivity contribution in [2.75, 3.05) is 13.1 Å². The van der Waals surface area contributed by atoms with E-state index in [1.807, 2.05) is 23.4 Å². The molecule has 0 bridgehead atoms. The number of pyridine rings is 1. The van der Waals surface area contributed by atoms with Crippen molar-refractivity contribution in [2.24, 2.45) is 0 Å². The number of hydrogen-bond donors (Lipinski definition) is 1. The molecule has 22 heavy (non-hydrogen) atoms. The van der Waals surface area contributed by atoms with E-state index in [0.717, 1.165) is 31.0 Å². The van der Waals surface area contributed by atoms with Gasteiger partial charge in [0, 0.05) is 25.4 Å². The lowest BCUT2D eigenvalue weighted by atomic mass is 10.0. The van der Waals surface area contributed by atoms with Crippen molar-refractivity contribution in [1.29, 1.82) is 0 Å². The zero-order chi connectivity index (χ0) is 15.7. The van der Waals surface area contributed by atoms with E-state index in [0.29, 0.717) is 12.1 Å². The molecule has 0 saturated carbocycles. The molecule has 1 atom stereocenters. The Morgan fingerprint density at radius 3 is 2.82 bits per heavy atom. The number of nitrogens with one attached hydrogen (secondary N) is 1. The minimum Gasteiger partial charge on any atom is -0.336 e. The second-order valence-corrected chi connectivity index (χ2v) is 5.64. The summed E-state index contributed by atoms with van der Waals surface area (Å²) in [4.78, 5) is 32.3. The molecule has 7 heteroatoms. The van der Waals surface area contributed by atoms with Crippen LogP contribution < -0.4 is 5.56 Å². The number of aryl methyl sites for hydroxylation is 2. The molecule has 3 heterocycles. The van der Waals surface area contributed by atoms with Crippen LogP contribution in [0.3, 0.4) is 0 Å². The van der Waals surface area contributed by atoms with Crippen LogP contribution in [0.25, 0.3) is 0 Å². The summed E-state index contributed by atoms with van der Waals surface area (Å²) >= 11 is 0. The predicted octanol–water partition coefficient (Wildman–Crippen LogP) is 1.06. The zero-order valence-electron chi connectivity index (χ0n) is 12.7. The van der Waals surface area contributed by atoms with E-state index >= 15 is 0 Å². The maximum Gasteiger partial charge on any atom is 0.255 e. The smallest absolute Gasteiger partial charge is 0.255 e. The summed E-state index contributed by atoms with van der Waals surface area (Å²) in [5, 5.41) is 4.43. The van der Waals surface area contributed by atoms with E-state index in [2.05, 4.69) is 15.1 Å². The minimum atomic E-state index is -0.207. The van der Waals surface area contributed by atoms with Crippen LogP contribution in [0.15, 0.2) is 23.1 Å². The molecule has 0 unspecified atom stereocenters. The monoisotopic (exact) mass is 301 g/mol. The molecule has 1 N–H and O–H groups in total. The third kappa shape index (κ3) is 2.79. The quantitative estimate of drug-likeness (QED) is 0.899. The summed E-state index contributed by atoms with van der Waals surface area (Å²) in [6.07, 6.45) is 3.39. The molecule has 116 valence electrons. The Hall–Kier alpha value is -2.44. The van der Waals surface area contributed by atoms with Crippen molar-refractivity contribution in [3.8, 4) is 0 Å². The topological polar surface area (TPSA) is 83.9 Å². The van der Waals surface area contributed by atoms with Crippen molar-refractivity contribution in [1.82, 2.24) is 24.6 Å². The molecule has 2 aromatic heterocycles. The number of aromatic nitrogens is 4. The average Bonchev–Trinajstić information content (AvgIpc) is 2.86. The van der Waals surface area contributed by atoms with Gasteiger partial charge in [0.2, 0.25) is 5.56 Å². The SMILES string of the molecule is Cc1nc(C)n([C@@H]2CCCN(C(=O)c3ccc(=O)[nH]c3)C2)n1. The Balaban J connectivity index is 1.78. The van der Waals surface area contributed by atoms with Gasteiger partial charge in [-0.15, -0.1) is 0 Å². The van der Waals surface area contributed by atoms with E-state index < -0.39 is 0 Å². The first-order valence-corrected chi connectivity index (χ1v) is 7.42. The first-order chi connectivity index (χ1) is 10.5. The average molecular weight is 301 g/mol. The Bertz CT molecular complexity index is 728. The Morgan fingerprint density at radius 2 is 2.18 bits per heavy atom. The van der Waals surface area contributed by atoms with Gasteiger partial charge in [0.05, 0.1) is 11.6 Å². The van der Waals surface area contributed by atoms with Crippen LogP contribution in [0, 0.1) is 13.8 Å². The number of rotatable bonds is 2. The van der Waals surface area contributed by atoms with Crippen LogP contribution in [-0.4, -0.2) is 43.6 Å². The largest absolute Gasteiger partial charge is 0.336 e. The van der Waals surface area contributed by atoms with Gasteiger partial charge < -0.3 is 9.88 Å². The van der Waals surface area contributed by atoms with Gasteiger partial charge >= 0.3 is 0 Å². The van der Waals surface area contributed by atoms with Gasteiger partial charge in [0.15, 0.2) is 0 Å². The molecule has 0 spiro atoms. The predicted molar refractivity (Wildman–Crippen MR) is 80.7 cm³/mol. The molecule has 2 aromatic rings. The number of aromatic amines is 1. The van der Waals surface area contributed by atoms with Crippen molar-refractivity contribution < 1.29 is 4.79 Å². The molecule has 1 aliphatic rings. The first kappa shape index (κ1) is 14.5. The summed E-state index contributed by atoms with van der Waals surface area (Å²) in [5.74, 6) is 1.57. The van der Waals surface area contributed by atoms with Gasteiger partial charge in [-0.3, -0.25) is 9.59 Å². The number of amides is 1. The van der Waals surface area contributed by atoms with Crippen LogP contribution in [0.4, 0.5) is 0 Å². The number of H-pyrrole nitrogens is 1. The molecule has 3 rings (SSSR count). The van der Waals surface area contributed by atoms with Crippen molar-refractivity contribution in [3.63, 3.8) is 0 Å². The van der Waals surface area contributed by atoms with Crippen molar-refractivity contribution in [3.05, 3.63) is 45.9 Å². The summed E-state index contributed by atoms with van der Waals surface area (Å²) in [6, 6.07) is 3.09. The highest BCUT2D eigenvalue weighted by Gasteiger charge is 2.27. The Morgan fingerprint density at radius 1 is 1.36 bits per heavy atom. The third-order valence-electron chi connectivity index (χ3n) is 3.97. The standard InChI is InChI=1S/C15H19N5O2/c1-10-17-11(2)20(18-10)13-4-3-7-19(9-13)15(22)12-5-6-14(21)16-8-12/h5-6,8,13H,3-4,7,9H2,1-2H3,(H,16,21)/t13-/m1/s1. The highest BCUT2D eigenvalue weighted by Crippen LogP contribution is 2.23. The summed E-state index contributed by atoms with van der Waals surface area (Å²) in [7, 11) is 0. The number of hydrogen-bond acceptors (Lipinski definition) is 4. The highest BCUT2D eigenvalue weighted by molar-refractivity contribution is 5.93. The van der Waals surface area contributed by atoms with Gasteiger partial charge in [0.1, 0.15) is 11.6 Å². The molecule has 0 radical (unpaired) electrons. The van der Waals surface area contributed by atoms with Gasteiger partial charge in [-0.2, -0.15) is 5.10 Å². The second-order valence-electron chi connectivity index (χ2n) is 5.64. The van der Waals surface area contributed by atoms with Crippen molar-refractivity contribution >= 4 is 5.91 Å². The highest BCUT2D eigenvalue weighted by atomic mass is 16.2. The van der Waals surface area contributed by atoms with E-state index in [1.165, 1.54) is 12.3 Å². The fourth-order valence-corrected chi connectivity index (χ4v) is 2.95. The summed E-state index contributed by atoms with van der Waals surface area (Å²) in [6.45, 7) is 5.14. The maximum atomic E-state index is 12.5. The van der Waals surface area contributed by atoms with Crippen molar-refractivity contribution in [2.45, 2.75) is 32.7 Å². The molecule has 1 fully saturated rings. The molecule has 1 saturated heterocycles. The lowest BCUT2D eigenvalue weighted by Gasteiger charge is -2.33. The Kier molecular flexibility index (Phi) is 3.79. The lowest BCUT2D eigenvalue weighted by Crippen LogP contribution is -2.41. The summed E-state index contributed by atoms with van der Waals surface area (Å²) < 4.78 is 1.92. The van der Waals surface area contributed by atoms with E-state index in [1.54, 1.807) is 6.07 Å². The van der Waals surface area contributed by atoms with E-state index in [-0.39, 0.29) is 17.5 Å².